The van der Waals surface area contributed by atoms with E-state index in [0.29, 0.717) is 23.5 Å². The molecule has 1 heterocycles. The van der Waals surface area contributed by atoms with Gasteiger partial charge in [0, 0.05) is 24.3 Å². The smallest absolute Gasteiger partial charge is 0.254 e. The van der Waals surface area contributed by atoms with Gasteiger partial charge in [0.25, 0.3) is 5.56 Å². The summed E-state index contributed by atoms with van der Waals surface area (Å²) in [7, 11) is 0. The Kier molecular flexibility index (Phi) is 3.16. The van der Waals surface area contributed by atoms with Gasteiger partial charge in [-0.25, -0.2) is 4.98 Å². The molecule has 0 unspecified atom stereocenters. The first-order chi connectivity index (χ1) is 6.19. The number of rotatable bonds is 3. The predicted octanol–water partition coefficient (Wildman–Crippen LogP) is -0.928. The first-order valence-electron chi connectivity index (χ1n) is 4.08. The minimum atomic E-state index is -0.206. The molecule has 4 N–H and O–H groups in total. The number of aryl methyl sites for hydroxylation is 1. The molecular weight excluding hydrogens is 170 g/mol. The lowest BCUT2D eigenvalue weighted by atomic mass is 10.2. The second kappa shape index (κ2) is 4.15. The monoisotopic (exact) mass is 183 g/mol. The van der Waals surface area contributed by atoms with Gasteiger partial charge in [-0.3, -0.25) is 4.79 Å². The Bertz CT molecular complexity index is 346. The van der Waals surface area contributed by atoms with Crippen LogP contribution in [0.3, 0.4) is 0 Å². The molecule has 1 aromatic heterocycles. The fourth-order valence-electron chi connectivity index (χ4n) is 1.17. The maximum Gasteiger partial charge on any atom is 0.254 e. The summed E-state index contributed by atoms with van der Waals surface area (Å²) in [5.74, 6) is 0.476. The molecule has 0 saturated heterocycles. The summed E-state index contributed by atoms with van der Waals surface area (Å²) >= 11 is 0. The minimum absolute atomic E-state index is 0.0480. The molecule has 0 aromatic carbocycles. The Labute approximate surface area is 75.6 Å². The molecule has 0 bridgehead atoms. The molecule has 1 aromatic rings. The van der Waals surface area contributed by atoms with Gasteiger partial charge in [0.15, 0.2) is 0 Å². The SMILES string of the molecule is Cc1nc(CN)[nH]c(=O)c1CCO. The van der Waals surface area contributed by atoms with Crippen LogP contribution in [0.4, 0.5) is 0 Å². The van der Waals surface area contributed by atoms with E-state index in [4.69, 9.17) is 10.8 Å². The van der Waals surface area contributed by atoms with Crippen molar-refractivity contribution in [2.45, 2.75) is 19.9 Å². The van der Waals surface area contributed by atoms with Crippen LogP contribution >= 0.6 is 0 Å². The zero-order chi connectivity index (χ0) is 9.84. The maximum atomic E-state index is 11.3. The van der Waals surface area contributed by atoms with Crippen LogP contribution in [0.1, 0.15) is 17.1 Å². The summed E-state index contributed by atoms with van der Waals surface area (Å²) in [5, 5.41) is 8.69. The lowest BCUT2D eigenvalue weighted by Gasteiger charge is -2.03. The molecule has 0 aliphatic carbocycles. The summed E-state index contributed by atoms with van der Waals surface area (Å²) in [5.41, 5.74) is 6.29. The number of hydrogen-bond donors (Lipinski definition) is 3. The third-order valence-electron chi connectivity index (χ3n) is 1.83. The maximum absolute atomic E-state index is 11.3. The van der Waals surface area contributed by atoms with Gasteiger partial charge in [-0.05, 0) is 6.92 Å². The number of nitrogens with zero attached hydrogens (tertiary/aromatic N) is 1. The molecule has 0 saturated carbocycles. The van der Waals surface area contributed by atoms with Crippen LogP contribution in [0.2, 0.25) is 0 Å². The molecule has 0 radical (unpaired) electrons. The van der Waals surface area contributed by atoms with E-state index in [1.807, 2.05) is 0 Å². The summed E-state index contributed by atoms with van der Waals surface area (Å²) in [6.07, 6.45) is 0.332. The normalized spacial score (nSPS) is 10.4. The average molecular weight is 183 g/mol. The van der Waals surface area contributed by atoms with Crippen molar-refractivity contribution in [2.24, 2.45) is 5.73 Å². The lowest BCUT2D eigenvalue weighted by Crippen LogP contribution is -2.21. The third-order valence-corrected chi connectivity index (χ3v) is 1.83. The number of H-pyrrole nitrogens is 1. The van der Waals surface area contributed by atoms with Crippen molar-refractivity contribution >= 4 is 0 Å². The molecule has 13 heavy (non-hydrogen) atoms. The number of nitrogens with one attached hydrogen (secondary N) is 1. The zero-order valence-electron chi connectivity index (χ0n) is 7.50. The first kappa shape index (κ1) is 9.88. The molecule has 1 rings (SSSR count). The van der Waals surface area contributed by atoms with Crippen LogP contribution in [0, 0.1) is 6.92 Å². The zero-order valence-corrected chi connectivity index (χ0v) is 7.50. The van der Waals surface area contributed by atoms with Gasteiger partial charge in [-0.15, -0.1) is 0 Å². The summed E-state index contributed by atoms with van der Waals surface area (Å²) < 4.78 is 0. The van der Waals surface area contributed by atoms with E-state index in [1.165, 1.54) is 0 Å². The van der Waals surface area contributed by atoms with Crippen LogP contribution in [0.15, 0.2) is 4.79 Å². The molecular formula is C8H13N3O2. The van der Waals surface area contributed by atoms with E-state index in [1.54, 1.807) is 6.92 Å². The molecule has 0 atom stereocenters. The van der Waals surface area contributed by atoms with E-state index >= 15 is 0 Å². The fourth-order valence-corrected chi connectivity index (χ4v) is 1.17. The van der Waals surface area contributed by atoms with Gasteiger partial charge < -0.3 is 15.8 Å². The van der Waals surface area contributed by atoms with Crippen LogP contribution in [0.5, 0.6) is 0 Å². The van der Waals surface area contributed by atoms with Crippen molar-refractivity contribution in [2.75, 3.05) is 6.61 Å². The second-order valence-corrected chi connectivity index (χ2v) is 2.75. The number of hydrogen-bond acceptors (Lipinski definition) is 4. The summed E-state index contributed by atoms with van der Waals surface area (Å²) in [6, 6.07) is 0. The van der Waals surface area contributed by atoms with E-state index < -0.39 is 0 Å². The number of nitrogens with two attached hydrogens (primary N) is 1. The number of aliphatic hydroxyl groups excluding tert-OH is 1. The Hall–Kier alpha value is -1.20. The summed E-state index contributed by atoms with van der Waals surface area (Å²) in [4.78, 5) is 18.0. The lowest BCUT2D eigenvalue weighted by molar-refractivity contribution is 0.298. The molecule has 5 nitrogen and oxygen atoms in total. The Morgan fingerprint density at radius 1 is 1.62 bits per heavy atom. The Morgan fingerprint density at radius 2 is 2.31 bits per heavy atom. The fraction of sp³-hybridized carbons (Fsp3) is 0.500. The molecule has 72 valence electrons. The van der Waals surface area contributed by atoms with Crippen molar-refractivity contribution in [1.82, 2.24) is 9.97 Å². The van der Waals surface area contributed by atoms with Crippen molar-refractivity contribution in [3.8, 4) is 0 Å². The van der Waals surface area contributed by atoms with Crippen molar-refractivity contribution in [3.05, 3.63) is 27.4 Å². The molecule has 0 aliphatic heterocycles. The van der Waals surface area contributed by atoms with Crippen LogP contribution in [0.25, 0.3) is 0 Å². The van der Waals surface area contributed by atoms with Gasteiger partial charge in [0.1, 0.15) is 5.82 Å². The van der Waals surface area contributed by atoms with Crippen molar-refractivity contribution < 1.29 is 5.11 Å². The largest absolute Gasteiger partial charge is 0.396 e. The predicted molar refractivity (Wildman–Crippen MR) is 48.3 cm³/mol. The quantitative estimate of drug-likeness (QED) is 0.564. The van der Waals surface area contributed by atoms with Gasteiger partial charge >= 0.3 is 0 Å². The van der Waals surface area contributed by atoms with E-state index in [-0.39, 0.29) is 18.7 Å². The van der Waals surface area contributed by atoms with E-state index in [0.717, 1.165) is 0 Å². The van der Waals surface area contributed by atoms with Crippen LogP contribution in [-0.4, -0.2) is 21.7 Å². The average Bonchev–Trinajstić information content (AvgIpc) is 2.11. The van der Waals surface area contributed by atoms with Crippen molar-refractivity contribution in [1.29, 1.82) is 0 Å². The first-order valence-corrected chi connectivity index (χ1v) is 4.08. The Morgan fingerprint density at radius 3 is 2.77 bits per heavy atom. The van der Waals surface area contributed by atoms with Crippen LogP contribution in [-0.2, 0) is 13.0 Å². The number of aliphatic hydroxyl groups is 1. The third kappa shape index (κ3) is 2.13. The topological polar surface area (TPSA) is 92.0 Å². The van der Waals surface area contributed by atoms with Gasteiger partial charge in [0.2, 0.25) is 0 Å². The second-order valence-electron chi connectivity index (χ2n) is 2.75. The summed E-state index contributed by atoms with van der Waals surface area (Å²) in [6.45, 7) is 1.91. The highest BCUT2D eigenvalue weighted by Crippen LogP contribution is 1.98. The highest BCUT2D eigenvalue weighted by atomic mass is 16.3. The van der Waals surface area contributed by atoms with Gasteiger partial charge in [0.05, 0.1) is 6.54 Å². The highest BCUT2D eigenvalue weighted by molar-refractivity contribution is 5.16. The van der Waals surface area contributed by atoms with E-state index in [2.05, 4.69) is 9.97 Å². The molecule has 0 spiro atoms. The van der Waals surface area contributed by atoms with Gasteiger partial charge in [-0.1, -0.05) is 0 Å². The van der Waals surface area contributed by atoms with E-state index in [9.17, 15) is 4.79 Å². The molecule has 0 amide bonds. The molecule has 0 aliphatic rings. The number of aromatic nitrogens is 2. The standard InChI is InChI=1S/C8H13N3O2/c1-5-6(2-3-12)8(13)11-7(4-9)10-5/h12H,2-4,9H2,1H3,(H,10,11,13). The van der Waals surface area contributed by atoms with Crippen molar-refractivity contribution in [3.63, 3.8) is 0 Å². The Balaban J connectivity index is 3.15. The van der Waals surface area contributed by atoms with Crippen LogP contribution < -0.4 is 11.3 Å². The highest BCUT2D eigenvalue weighted by Gasteiger charge is 2.05. The molecule has 0 fully saturated rings. The minimum Gasteiger partial charge on any atom is -0.396 e. The molecule has 5 heteroatoms. The van der Waals surface area contributed by atoms with Gasteiger partial charge in [-0.2, -0.15) is 0 Å². The number of aromatic amines is 1.